The van der Waals surface area contributed by atoms with Gasteiger partial charge in [0, 0.05) is 6.42 Å². The highest BCUT2D eigenvalue weighted by Crippen LogP contribution is 2.42. The van der Waals surface area contributed by atoms with Crippen molar-refractivity contribution < 1.29 is 14.3 Å². The number of methoxy groups -OCH3 is 1. The Hall–Kier alpha value is -2.19. The minimum Gasteiger partial charge on any atom is -0.469 e. The summed E-state index contributed by atoms with van der Waals surface area (Å²) in [6.07, 6.45) is 2.19. The average Bonchev–Trinajstić information content (AvgIpc) is 3.28. The molecule has 0 saturated carbocycles. The molecule has 0 radical (unpaired) electrons. The lowest BCUT2D eigenvalue weighted by atomic mass is 9.93. The quantitative estimate of drug-likeness (QED) is 0.714. The molecule has 7 nitrogen and oxygen atoms in total. The highest BCUT2D eigenvalue weighted by Gasteiger charge is 2.44. The van der Waals surface area contributed by atoms with E-state index in [2.05, 4.69) is 27.1 Å². The molecule has 0 spiro atoms. The van der Waals surface area contributed by atoms with Gasteiger partial charge < -0.3 is 4.74 Å². The molecule has 3 heterocycles. The van der Waals surface area contributed by atoms with E-state index in [9.17, 15) is 9.59 Å². The zero-order valence-corrected chi connectivity index (χ0v) is 16.9. The third-order valence-corrected chi connectivity index (χ3v) is 6.70. The number of benzene rings is 1. The second-order valence-corrected chi connectivity index (χ2v) is 8.25. The number of likely N-dealkylation sites (tertiary alicyclic amines) is 1. The summed E-state index contributed by atoms with van der Waals surface area (Å²) in [5, 5.41) is 4.75. The Morgan fingerprint density at radius 3 is 2.61 bits per heavy atom. The number of piperidine rings is 1. The van der Waals surface area contributed by atoms with Crippen molar-refractivity contribution in [2.75, 3.05) is 20.2 Å². The van der Waals surface area contributed by atoms with Gasteiger partial charge in [0.2, 0.25) is 0 Å². The molecule has 8 heteroatoms. The predicted molar refractivity (Wildman–Crippen MR) is 105 cm³/mol. The lowest BCUT2D eigenvalue weighted by Gasteiger charge is -2.38. The van der Waals surface area contributed by atoms with Crippen LogP contribution >= 0.6 is 11.8 Å². The van der Waals surface area contributed by atoms with Gasteiger partial charge in [-0.1, -0.05) is 49.0 Å². The number of esters is 1. The van der Waals surface area contributed by atoms with E-state index in [0.29, 0.717) is 17.4 Å². The molecule has 4 rings (SSSR count). The first-order valence-electron chi connectivity index (χ1n) is 9.66. The van der Waals surface area contributed by atoms with E-state index in [-0.39, 0.29) is 29.1 Å². The van der Waals surface area contributed by atoms with E-state index >= 15 is 0 Å². The molecule has 2 atom stereocenters. The lowest BCUT2D eigenvalue weighted by molar-refractivity contribution is -0.147. The van der Waals surface area contributed by atoms with Crippen LogP contribution in [0.4, 0.5) is 0 Å². The number of aromatic nitrogens is 3. The van der Waals surface area contributed by atoms with E-state index in [1.165, 1.54) is 23.6 Å². The van der Waals surface area contributed by atoms with Crippen molar-refractivity contribution in [3.8, 4) is 0 Å². The van der Waals surface area contributed by atoms with Crippen molar-refractivity contribution in [3.05, 3.63) is 41.7 Å². The third-order valence-electron chi connectivity index (χ3n) is 5.51. The molecular weight excluding hydrogens is 376 g/mol. The van der Waals surface area contributed by atoms with Gasteiger partial charge in [-0.15, -0.1) is 5.10 Å². The Bertz CT molecular complexity index is 862. The average molecular weight is 401 g/mol. The number of carbonyl (C=O) groups is 2. The fraction of sp³-hybridized carbons (Fsp3) is 0.500. The largest absolute Gasteiger partial charge is 0.469 e. The van der Waals surface area contributed by atoms with Crippen LogP contribution in [0.15, 0.2) is 35.5 Å². The van der Waals surface area contributed by atoms with Gasteiger partial charge >= 0.3 is 5.97 Å². The molecule has 28 heavy (non-hydrogen) atoms. The van der Waals surface area contributed by atoms with Gasteiger partial charge in [-0.3, -0.25) is 14.5 Å². The minimum atomic E-state index is -0.294. The summed E-state index contributed by atoms with van der Waals surface area (Å²) >= 11 is 1.50. The Labute approximate surface area is 168 Å². The molecule has 148 valence electrons. The number of hydrogen-bond donors (Lipinski definition) is 0. The van der Waals surface area contributed by atoms with Crippen LogP contribution in [0.2, 0.25) is 0 Å². The van der Waals surface area contributed by atoms with Crippen LogP contribution in [0.25, 0.3) is 0 Å². The monoisotopic (exact) mass is 400 g/mol. The Morgan fingerprint density at radius 1 is 1.29 bits per heavy atom. The fourth-order valence-corrected chi connectivity index (χ4v) is 5.27. The highest BCUT2D eigenvalue weighted by molar-refractivity contribution is 8.00. The van der Waals surface area contributed by atoms with E-state index in [4.69, 9.17) is 4.74 Å². The SMILES string of the molecule is CCc1nc2n(n1)C(=O)C(C(c1ccccc1)N1CCC(C(=O)OC)CC1)S2. The Morgan fingerprint density at radius 2 is 2.00 bits per heavy atom. The standard InChI is InChI=1S/C20H24N4O3S/c1-3-15-21-20-24(22-15)18(25)17(28-20)16(13-7-5-4-6-8-13)23-11-9-14(10-12-23)19(26)27-2/h4-8,14,16-17H,3,9-12H2,1-2H3. The molecular formula is C20H24N4O3S. The molecule has 2 aromatic rings. The number of fused-ring (bicyclic) bond motifs is 1. The van der Waals surface area contributed by atoms with Crippen molar-refractivity contribution in [2.45, 2.75) is 42.6 Å². The molecule has 1 fully saturated rings. The first-order valence-corrected chi connectivity index (χ1v) is 10.5. The van der Waals surface area contributed by atoms with Gasteiger partial charge in [-0.25, -0.2) is 4.98 Å². The lowest BCUT2D eigenvalue weighted by Crippen LogP contribution is -2.44. The van der Waals surface area contributed by atoms with Gasteiger partial charge in [0.1, 0.15) is 5.25 Å². The topological polar surface area (TPSA) is 77.3 Å². The number of thioether (sulfide) groups is 1. The Balaban J connectivity index is 1.59. The predicted octanol–water partition coefficient (Wildman–Crippen LogP) is 2.58. The molecule has 0 aliphatic carbocycles. The summed E-state index contributed by atoms with van der Waals surface area (Å²) in [4.78, 5) is 31.8. The maximum Gasteiger partial charge on any atom is 0.308 e. The van der Waals surface area contributed by atoms with Gasteiger partial charge in [0.25, 0.3) is 5.91 Å². The third kappa shape index (κ3) is 3.46. The number of aryl methyl sites for hydroxylation is 1. The van der Waals surface area contributed by atoms with Gasteiger partial charge in [-0.2, -0.15) is 4.68 Å². The number of rotatable bonds is 5. The highest BCUT2D eigenvalue weighted by atomic mass is 32.2. The number of nitrogens with zero attached hydrogens (tertiary/aromatic N) is 4. The van der Waals surface area contributed by atoms with Crippen molar-refractivity contribution in [1.82, 2.24) is 19.7 Å². The van der Waals surface area contributed by atoms with Crippen molar-refractivity contribution in [2.24, 2.45) is 5.92 Å². The molecule has 1 aromatic carbocycles. The first-order chi connectivity index (χ1) is 13.6. The normalized spacial score (nSPS) is 21.5. The summed E-state index contributed by atoms with van der Waals surface area (Å²) in [6, 6.07) is 10.0. The van der Waals surface area contributed by atoms with E-state index in [0.717, 1.165) is 31.5 Å². The number of ether oxygens (including phenoxy) is 1. The van der Waals surface area contributed by atoms with Gasteiger partial charge in [0.15, 0.2) is 11.0 Å². The van der Waals surface area contributed by atoms with Crippen molar-refractivity contribution >= 4 is 23.6 Å². The van der Waals surface area contributed by atoms with Gasteiger partial charge in [-0.05, 0) is 31.5 Å². The molecule has 1 saturated heterocycles. The summed E-state index contributed by atoms with van der Waals surface area (Å²) in [7, 11) is 1.44. The molecule has 0 amide bonds. The van der Waals surface area contributed by atoms with Crippen LogP contribution in [0.1, 0.15) is 42.0 Å². The number of carbonyl (C=O) groups excluding carboxylic acids is 2. The smallest absolute Gasteiger partial charge is 0.308 e. The van der Waals surface area contributed by atoms with Crippen LogP contribution < -0.4 is 0 Å². The first kappa shape index (κ1) is 19.1. The van der Waals surface area contributed by atoms with Crippen LogP contribution in [0.5, 0.6) is 0 Å². The molecule has 2 unspecified atom stereocenters. The van der Waals surface area contributed by atoms with E-state index in [1.54, 1.807) is 0 Å². The van der Waals surface area contributed by atoms with Gasteiger partial charge in [0.05, 0.1) is 19.1 Å². The summed E-state index contributed by atoms with van der Waals surface area (Å²) in [6.45, 7) is 3.48. The minimum absolute atomic E-state index is 0.0175. The second-order valence-electron chi connectivity index (χ2n) is 7.14. The maximum absolute atomic E-state index is 13.1. The molecule has 0 bridgehead atoms. The zero-order valence-electron chi connectivity index (χ0n) is 16.1. The van der Waals surface area contributed by atoms with Crippen LogP contribution in [-0.4, -0.2) is 57.0 Å². The van der Waals surface area contributed by atoms with Crippen LogP contribution in [0, 0.1) is 5.92 Å². The van der Waals surface area contributed by atoms with Crippen molar-refractivity contribution in [1.29, 1.82) is 0 Å². The summed E-state index contributed by atoms with van der Waals surface area (Å²) < 4.78 is 6.37. The molecule has 2 aliphatic rings. The van der Waals surface area contributed by atoms with Crippen LogP contribution in [-0.2, 0) is 16.0 Å². The summed E-state index contributed by atoms with van der Waals surface area (Å²) in [5.74, 6) is 0.480. The molecule has 2 aliphatic heterocycles. The Kier molecular flexibility index (Phi) is 5.50. The molecule has 0 N–H and O–H groups in total. The fourth-order valence-electron chi connectivity index (χ4n) is 4.00. The van der Waals surface area contributed by atoms with Crippen molar-refractivity contribution in [3.63, 3.8) is 0 Å². The van der Waals surface area contributed by atoms with Crippen LogP contribution in [0.3, 0.4) is 0 Å². The van der Waals surface area contributed by atoms with E-state index in [1.807, 2.05) is 25.1 Å². The second kappa shape index (κ2) is 8.05. The number of hydrogen-bond acceptors (Lipinski definition) is 7. The van der Waals surface area contributed by atoms with E-state index < -0.39 is 0 Å². The zero-order chi connectivity index (χ0) is 19.7. The maximum atomic E-state index is 13.1. The summed E-state index contributed by atoms with van der Waals surface area (Å²) in [5.41, 5.74) is 1.10. The molecule has 1 aromatic heterocycles.